The number of carbonyl (C=O) groups is 2. The summed E-state index contributed by atoms with van der Waals surface area (Å²) in [4.78, 5) is 31.0. The lowest BCUT2D eigenvalue weighted by molar-refractivity contribution is -0.114. The van der Waals surface area contributed by atoms with Crippen LogP contribution in [0.1, 0.15) is 24.2 Å². The third-order valence-electron chi connectivity index (χ3n) is 3.54. The van der Waals surface area contributed by atoms with Crippen LogP contribution in [0.2, 0.25) is 0 Å². The van der Waals surface area contributed by atoms with E-state index in [4.69, 9.17) is 0 Å². The minimum absolute atomic E-state index is 0.117. The van der Waals surface area contributed by atoms with Gasteiger partial charge in [0.25, 0.3) is 0 Å². The molecule has 0 radical (unpaired) electrons. The normalized spacial score (nSPS) is 15.8. The lowest BCUT2D eigenvalue weighted by atomic mass is 10.2. The first-order chi connectivity index (χ1) is 10.0. The lowest BCUT2D eigenvalue weighted by Crippen LogP contribution is -2.46. The number of aromatic carboxylic acids is 1. The Labute approximate surface area is 123 Å². The number of carbonyl (C=O) groups excluding carboxylic acids is 1. The average Bonchev–Trinajstić information content (AvgIpc) is 2.46. The van der Waals surface area contributed by atoms with Gasteiger partial charge in [-0.1, -0.05) is 6.92 Å². The predicted molar refractivity (Wildman–Crippen MR) is 79.8 cm³/mol. The maximum absolute atomic E-state index is 11.4. The highest BCUT2D eigenvalue weighted by Gasteiger charge is 2.22. The van der Waals surface area contributed by atoms with E-state index in [1.54, 1.807) is 0 Å². The monoisotopic (exact) mass is 292 g/mol. The van der Waals surface area contributed by atoms with E-state index in [1.807, 2.05) is 4.90 Å². The van der Waals surface area contributed by atoms with E-state index < -0.39 is 5.97 Å². The van der Waals surface area contributed by atoms with Gasteiger partial charge in [-0.2, -0.15) is 0 Å². The van der Waals surface area contributed by atoms with Crippen LogP contribution in [-0.4, -0.2) is 59.6 Å². The van der Waals surface area contributed by atoms with Gasteiger partial charge in [0.2, 0.25) is 5.91 Å². The Morgan fingerprint density at radius 2 is 2.00 bits per heavy atom. The summed E-state index contributed by atoms with van der Waals surface area (Å²) in [6.45, 7) is 7.77. The Morgan fingerprint density at radius 3 is 2.52 bits per heavy atom. The highest BCUT2D eigenvalue weighted by Crippen LogP contribution is 2.22. The lowest BCUT2D eigenvalue weighted by Gasteiger charge is -2.35. The van der Waals surface area contributed by atoms with Crippen molar-refractivity contribution in [1.29, 1.82) is 0 Å². The van der Waals surface area contributed by atoms with Crippen LogP contribution in [0.25, 0.3) is 0 Å². The minimum Gasteiger partial charge on any atom is -0.478 e. The van der Waals surface area contributed by atoms with Crippen LogP contribution in [0.15, 0.2) is 12.3 Å². The number of aromatic nitrogens is 1. The minimum atomic E-state index is -1.04. The molecule has 1 aromatic heterocycles. The molecule has 1 aromatic rings. The van der Waals surface area contributed by atoms with Gasteiger partial charge >= 0.3 is 5.97 Å². The summed E-state index contributed by atoms with van der Waals surface area (Å²) in [7, 11) is 0. The topological polar surface area (TPSA) is 85.8 Å². The van der Waals surface area contributed by atoms with Crippen LogP contribution in [0, 0.1) is 0 Å². The molecule has 0 unspecified atom stereocenters. The number of amides is 1. The van der Waals surface area contributed by atoms with Crippen LogP contribution in [-0.2, 0) is 4.79 Å². The molecule has 7 heteroatoms. The van der Waals surface area contributed by atoms with Gasteiger partial charge in [-0.3, -0.25) is 4.79 Å². The molecule has 1 saturated heterocycles. The summed E-state index contributed by atoms with van der Waals surface area (Å²) >= 11 is 0. The molecule has 1 fully saturated rings. The summed E-state index contributed by atoms with van der Waals surface area (Å²) in [6, 6.07) is 1.46. The van der Waals surface area contributed by atoms with Crippen LogP contribution in [0.5, 0.6) is 0 Å². The Hall–Kier alpha value is -2.15. The molecule has 1 aliphatic rings. The second-order valence-corrected chi connectivity index (χ2v) is 5.00. The predicted octanol–water partition coefficient (Wildman–Crippen LogP) is 0.880. The number of carboxylic acid groups (broad SMARTS) is 1. The van der Waals surface area contributed by atoms with E-state index in [9.17, 15) is 14.7 Å². The number of pyridine rings is 1. The van der Waals surface area contributed by atoms with E-state index in [1.165, 1.54) is 19.2 Å². The zero-order chi connectivity index (χ0) is 15.4. The number of nitrogens with one attached hydrogen (secondary N) is 1. The molecule has 0 atom stereocenters. The molecule has 1 aliphatic heterocycles. The third-order valence-corrected chi connectivity index (χ3v) is 3.54. The van der Waals surface area contributed by atoms with Crippen molar-refractivity contribution in [2.45, 2.75) is 13.8 Å². The van der Waals surface area contributed by atoms with Gasteiger partial charge < -0.3 is 20.2 Å². The van der Waals surface area contributed by atoms with Crippen LogP contribution in [0.4, 0.5) is 11.5 Å². The summed E-state index contributed by atoms with van der Waals surface area (Å²) in [6.07, 6.45) is 1.50. The first-order valence-electron chi connectivity index (χ1n) is 6.99. The molecule has 0 aliphatic carbocycles. The van der Waals surface area contributed by atoms with Crippen molar-refractivity contribution >= 4 is 23.4 Å². The second kappa shape index (κ2) is 6.53. The smallest absolute Gasteiger partial charge is 0.339 e. The summed E-state index contributed by atoms with van der Waals surface area (Å²) in [5.41, 5.74) is 0.516. The molecule has 0 spiro atoms. The van der Waals surface area contributed by atoms with Gasteiger partial charge in [0, 0.05) is 33.1 Å². The number of hydrogen-bond donors (Lipinski definition) is 2. The first kappa shape index (κ1) is 15.2. The molecular formula is C14H20N4O3. The number of anilines is 2. The van der Waals surface area contributed by atoms with Crippen molar-refractivity contribution < 1.29 is 14.7 Å². The molecule has 1 amide bonds. The quantitative estimate of drug-likeness (QED) is 0.857. The maximum Gasteiger partial charge on any atom is 0.339 e. The molecule has 0 aromatic carbocycles. The van der Waals surface area contributed by atoms with E-state index in [-0.39, 0.29) is 11.5 Å². The summed E-state index contributed by atoms with van der Waals surface area (Å²) in [5, 5.41) is 11.9. The molecule has 7 nitrogen and oxygen atoms in total. The highest BCUT2D eigenvalue weighted by atomic mass is 16.4. The van der Waals surface area contributed by atoms with E-state index >= 15 is 0 Å². The SMILES string of the molecule is CCN1CCN(c2ncc(NC(C)=O)cc2C(=O)O)CC1. The Bertz CT molecular complexity index is 539. The molecule has 0 bridgehead atoms. The number of piperazine rings is 1. The van der Waals surface area contributed by atoms with Crippen molar-refractivity contribution in [1.82, 2.24) is 9.88 Å². The number of hydrogen-bond acceptors (Lipinski definition) is 5. The zero-order valence-electron chi connectivity index (χ0n) is 12.3. The fourth-order valence-electron chi connectivity index (χ4n) is 2.41. The first-order valence-corrected chi connectivity index (χ1v) is 6.99. The van der Waals surface area contributed by atoms with E-state index in [0.717, 1.165) is 32.7 Å². The average molecular weight is 292 g/mol. The van der Waals surface area contributed by atoms with Crippen molar-refractivity contribution in [3.63, 3.8) is 0 Å². The number of carboxylic acids is 1. The van der Waals surface area contributed by atoms with Crippen molar-refractivity contribution in [3.8, 4) is 0 Å². The van der Waals surface area contributed by atoms with Crippen LogP contribution < -0.4 is 10.2 Å². The number of nitrogens with zero attached hydrogens (tertiary/aromatic N) is 3. The van der Waals surface area contributed by atoms with E-state index in [0.29, 0.717) is 11.5 Å². The summed E-state index contributed by atoms with van der Waals surface area (Å²) < 4.78 is 0. The second-order valence-electron chi connectivity index (χ2n) is 5.00. The largest absolute Gasteiger partial charge is 0.478 e. The fraction of sp³-hybridized carbons (Fsp3) is 0.500. The van der Waals surface area contributed by atoms with Crippen molar-refractivity contribution in [2.75, 3.05) is 42.9 Å². The molecule has 114 valence electrons. The summed E-state index contributed by atoms with van der Waals surface area (Å²) in [5.74, 6) is -0.826. The molecule has 2 N–H and O–H groups in total. The van der Waals surface area contributed by atoms with Crippen molar-refractivity contribution in [2.24, 2.45) is 0 Å². The van der Waals surface area contributed by atoms with Gasteiger partial charge in [-0.15, -0.1) is 0 Å². The molecule has 2 heterocycles. The zero-order valence-corrected chi connectivity index (χ0v) is 12.3. The molecule has 0 saturated carbocycles. The van der Waals surface area contributed by atoms with Gasteiger partial charge in [0.05, 0.1) is 11.9 Å². The number of rotatable bonds is 4. The van der Waals surface area contributed by atoms with Gasteiger partial charge in [0.15, 0.2) is 0 Å². The molecule has 2 rings (SSSR count). The van der Waals surface area contributed by atoms with Gasteiger partial charge in [-0.25, -0.2) is 9.78 Å². The Balaban J connectivity index is 2.23. The third kappa shape index (κ3) is 3.69. The Morgan fingerprint density at radius 1 is 1.33 bits per heavy atom. The standard InChI is InChI=1S/C14H20N4O3/c1-3-17-4-6-18(7-5-17)13-12(14(20)21)8-11(9-15-13)16-10(2)19/h8-9H,3-7H2,1-2H3,(H,16,19)(H,20,21). The van der Waals surface area contributed by atoms with Gasteiger partial charge in [-0.05, 0) is 12.6 Å². The van der Waals surface area contributed by atoms with Crippen molar-refractivity contribution in [3.05, 3.63) is 17.8 Å². The Kier molecular flexibility index (Phi) is 4.74. The van der Waals surface area contributed by atoms with Crippen LogP contribution in [0.3, 0.4) is 0 Å². The molecule has 21 heavy (non-hydrogen) atoms. The van der Waals surface area contributed by atoms with Crippen LogP contribution >= 0.6 is 0 Å². The fourth-order valence-corrected chi connectivity index (χ4v) is 2.41. The van der Waals surface area contributed by atoms with E-state index in [2.05, 4.69) is 22.1 Å². The van der Waals surface area contributed by atoms with Gasteiger partial charge in [0.1, 0.15) is 11.4 Å². The highest BCUT2D eigenvalue weighted by molar-refractivity contribution is 5.96. The number of likely N-dealkylation sites (N-methyl/N-ethyl adjacent to an activating group) is 1. The molecular weight excluding hydrogens is 272 g/mol. The maximum atomic E-state index is 11.4.